The molecule has 0 aromatic carbocycles. The van der Waals surface area contributed by atoms with E-state index in [4.69, 9.17) is 0 Å². The van der Waals surface area contributed by atoms with Crippen molar-refractivity contribution in [1.29, 1.82) is 0 Å². The predicted molar refractivity (Wildman–Crippen MR) is 66.7 cm³/mol. The van der Waals surface area contributed by atoms with Crippen LogP contribution in [0.3, 0.4) is 0 Å². The zero-order valence-electron chi connectivity index (χ0n) is 10.2. The molecule has 1 aliphatic heterocycles. The van der Waals surface area contributed by atoms with Gasteiger partial charge < -0.3 is 0 Å². The maximum Gasteiger partial charge on any atom is 0.239 e. The quantitative estimate of drug-likeness (QED) is 0.558. The molecule has 1 saturated heterocycles. The van der Waals surface area contributed by atoms with Crippen LogP contribution < -0.4 is 4.90 Å². The Bertz CT molecular complexity index is 536. The molecule has 0 saturated carbocycles. The Hall–Kier alpha value is -1.97. The van der Waals surface area contributed by atoms with Crippen molar-refractivity contribution < 1.29 is 9.59 Å². The van der Waals surface area contributed by atoms with Crippen LogP contribution in [0.25, 0.3) is 0 Å². The minimum absolute atomic E-state index is 0.101. The third-order valence-electron chi connectivity index (χ3n) is 3.70. The van der Waals surface area contributed by atoms with Gasteiger partial charge in [0.05, 0.1) is 11.8 Å². The Morgan fingerprint density at radius 3 is 2.72 bits per heavy atom. The van der Waals surface area contributed by atoms with Gasteiger partial charge in [-0.15, -0.1) is 0 Å². The van der Waals surface area contributed by atoms with Gasteiger partial charge in [-0.2, -0.15) is 0 Å². The molecule has 0 N–H and O–H groups in total. The summed E-state index contributed by atoms with van der Waals surface area (Å²) in [5.41, 5.74) is 1.19. The molecule has 1 fully saturated rings. The maximum atomic E-state index is 12.3. The molecule has 4 heteroatoms. The van der Waals surface area contributed by atoms with E-state index in [2.05, 4.69) is 11.1 Å². The third-order valence-corrected chi connectivity index (χ3v) is 3.70. The van der Waals surface area contributed by atoms with E-state index >= 15 is 0 Å². The number of allylic oxidation sites excluding steroid dienone is 2. The fraction of sp³-hybridized carbons (Fsp3) is 0.357. The number of pyridine rings is 1. The molecule has 0 unspecified atom stereocenters. The molecule has 0 spiro atoms. The van der Waals surface area contributed by atoms with Crippen LogP contribution in [0.15, 0.2) is 36.0 Å². The fourth-order valence-corrected chi connectivity index (χ4v) is 2.75. The average molecular weight is 242 g/mol. The average Bonchev–Trinajstić information content (AvgIpc) is 2.63. The van der Waals surface area contributed by atoms with E-state index < -0.39 is 0 Å². The molecular formula is C14H14N2O2. The van der Waals surface area contributed by atoms with Crippen LogP contribution in [-0.2, 0) is 9.59 Å². The fourth-order valence-electron chi connectivity index (χ4n) is 2.75. The van der Waals surface area contributed by atoms with Crippen LogP contribution >= 0.6 is 0 Å². The van der Waals surface area contributed by atoms with Crippen molar-refractivity contribution in [3.05, 3.63) is 36.0 Å². The van der Waals surface area contributed by atoms with Gasteiger partial charge in [-0.25, -0.2) is 9.88 Å². The lowest BCUT2D eigenvalue weighted by Crippen LogP contribution is -2.31. The van der Waals surface area contributed by atoms with E-state index in [1.807, 2.05) is 6.92 Å². The summed E-state index contributed by atoms with van der Waals surface area (Å²) < 4.78 is 0. The molecule has 1 aromatic rings. The first-order chi connectivity index (χ1) is 8.68. The summed E-state index contributed by atoms with van der Waals surface area (Å²) in [6, 6.07) is 5.26. The monoisotopic (exact) mass is 242 g/mol. The molecule has 2 atom stereocenters. The van der Waals surface area contributed by atoms with Crippen LogP contribution in [-0.4, -0.2) is 16.8 Å². The highest BCUT2D eigenvalue weighted by molar-refractivity contribution is 6.21. The van der Waals surface area contributed by atoms with Crippen molar-refractivity contribution in [2.45, 2.75) is 19.8 Å². The summed E-state index contributed by atoms with van der Waals surface area (Å²) in [5, 5.41) is 0. The molecule has 18 heavy (non-hydrogen) atoms. The molecule has 2 aliphatic rings. The van der Waals surface area contributed by atoms with Gasteiger partial charge >= 0.3 is 0 Å². The van der Waals surface area contributed by atoms with E-state index in [0.717, 1.165) is 0 Å². The van der Waals surface area contributed by atoms with E-state index in [1.54, 1.807) is 24.4 Å². The highest BCUT2D eigenvalue weighted by atomic mass is 16.2. The van der Waals surface area contributed by atoms with Crippen molar-refractivity contribution in [3.8, 4) is 0 Å². The van der Waals surface area contributed by atoms with E-state index in [9.17, 15) is 9.59 Å². The van der Waals surface area contributed by atoms with Gasteiger partial charge in [-0.3, -0.25) is 9.59 Å². The molecule has 3 rings (SSSR count). The lowest BCUT2D eigenvalue weighted by Gasteiger charge is -2.18. The third kappa shape index (κ3) is 1.56. The van der Waals surface area contributed by atoms with E-state index in [1.165, 1.54) is 10.5 Å². The van der Waals surface area contributed by atoms with Gasteiger partial charge in [0.15, 0.2) is 0 Å². The van der Waals surface area contributed by atoms with Crippen molar-refractivity contribution in [3.63, 3.8) is 0 Å². The maximum absolute atomic E-state index is 12.3. The number of imide groups is 1. The van der Waals surface area contributed by atoms with Crippen LogP contribution in [0.5, 0.6) is 0 Å². The van der Waals surface area contributed by atoms with E-state index in [0.29, 0.717) is 18.7 Å². The van der Waals surface area contributed by atoms with Gasteiger partial charge in [0.25, 0.3) is 0 Å². The molecule has 2 amide bonds. The highest BCUT2D eigenvalue weighted by Gasteiger charge is 2.48. The van der Waals surface area contributed by atoms with Crippen LogP contribution in [0.1, 0.15) is 19.8 Å². The molecule has 0 radical (unpaired) electrons. The Morgan fingerprint density at radius 2 is 2.00 bits per heavy atom. The van der Waals surface area contributed by atoms with Crippen molar-refractivity contribution >= 4 is 17.6 Å². The topological polar surface area (TPSA) is 50.3 Å². The number of carbonyl (C=O) groups excluding carboxylic acids is 2. The largest absolute Gasteiger partial charge is 0.274 e. The number of amides is 2. The Morgan fingerprint density at radius 1 is 1.22 bits per heavy atom. The van der Waals surface area contributed by atoms with Crippen LogP contribution in [0.4, 0.5) is 5.82 Å². The second-order valence-electron chi connectivity index (χ2n) is 4.90. The molecule has 1 aliphatic carbocycles. The summed E-state index contributed by atoms with van der Waals surface area (Å²) in [4.78, 5) is 30.0. The number of anilines is 1. The summed E-state index contributed by atoms with van der Waals surface area (Å²) >= 11 is 0. The first kappa shape index (κ1) is 11.1. The van der Waals surface area contributed by atoms with Crippen LogP contribution in [0.2, 0.25) is 0 Å². The number of hydrogen-bond acceptors (Lipinski definition) is 3. The summed E-state index contributed by atoms with van der Waals surface area (Å²) in [6.07, 6.45) is 5.03. The second-order valence-corrected chi connectivity index (χ2v) is 4.90. The lowest BCUT2D eigenvalue weighted by atomic mass is 9.82. The Kier molecular flexibility index (Phi) is 2.51. The molecule has 4 nitrogen and oxygen atoms in total. The minimum Gasteiger partial charge on any atom is -0.274 e. The molecular weight excluding hydrogens is 228 g/mol. The number of rotatable bonds is 1. The zero-order valence-corrected chi connectivity index (χ0v) is 10.2. The second kappa shape index (κ2) is 4.05. The van der Waals surface area contributed by atoms with Crippen molar-refractivity contribution in [2.75, 3.05) is 4.90 Å². The molecule has 92 valence electrons. The Balaban J connectivity index is 1.96. The lowest BCUT2D eigenvalue weighted by molar-refractivity contribution is -0.122. The standard InChI is InChI=1S/C14H14N2O2/c1-9-5-6-10-11(8-9)14(18)16(13(10)17)12-4-2-3-7-15-12/h2-5,7,10-11H,6,8H2,1H3/t10-,11+/m0/s1. The van der Waals surface area contributed by atoms with Gasteiger partial charge in [-0.05, 0) is 31.9 Å². The van der Waals surface area contributed by atoms with Crippen molar-refractivity contribution in [2.24, 2.45) is 11.8 Å². The van der Waals surface area contributed by atoms with Gasteiger partial charge in [0.1, 0.15) is 5.82 Å². The summed E-state index contributed by atoms with van der Waals surface area (Å²) in [5.74, 6) is -0.143. The summed E-state index contributed by atoms with van der Waals surface area (Å²) in [7, 11) is 0. The number of hydrogen-bond donors (Lipinski definition) is 0. The molecule has 0 bridgehead atoms. The van der Waals surface area contributed by atoms with E-state index in [-0.39, 0.29) is 23.7 Å². The first-order valence-corrected chi connectivity index (χ1v) is 6.13. The minimum atomic E-state index is -0.191. The molecule has 2 heterocycles. The smallest absolute Gasteiger partial charge is 0.239 e. The zero-order chi connectivity index (χ0) is 12.7. The molecule has 1 aromatic heterocycles. The first-order valence-electron chi connectivity index (χ1n) is 6.13. The normalized spacial score (nSPS) is 27.2. The van der Waals surface area contributed by atoms with Gasteiger partial charge in [-0.1, -0.05) is 17.7 Å². The Labute approximate surface area is 105 Å². The number of nitrogens with zero attached hydrogens (tertiary/aromatic N) is 2. The van der Waals surface area contributed by atoms with Crippen molar-refractivity contribution in [1.82, 2.24) is 4.98 Å². The van der Waals surface area contributed by atoms with Crippen LogP contribution in [0, 0.1) is 11.8 Å². The predicted octanol–water partition coefficient (Wildman–Crippen LogP) is 1.93. The number of fused-ring (bicyclic) bond motifs is 1. The van der Waals surface area contributed by atoms with Gasteiger partial charge in [0, 0.05) is 6.20 Å². The SMILES string of the molecule is CC1=CC[C@@H]2C(=O)N(c3ccccn3)C(=O)[C@@H]2C1. The van der Waals surface area contributed by atoms with Gasteiger partial charge in [0.2, 0.25) is 11.8 Å². The summed E-state index contributed by atoms with van der Waals surface area (Å²) in [6.45, 7) is 2.01. The number of carbonyl (C=O) groups is 2. The number of aromatic nitrogens is 1. The highest BCUT2D eigenvalue weighted by Crippen LogP contribution is 2.38.